The van der Waals surface area contributed by atoms with E-state index in [1.807, 2.05) is 56.3 Å². The van der Waals surface area contributed by atoms with Crippen LogP contribution in [0.4, 0.5) is 5.69 Å². The Morgan fingerprint density at radius 3 is 2.05 bits per heavy atom. The molecule has 10 heteroatoms. The summed E-state index contributed by atoms with van der Waals surface area (Å²) in [4.78, 5) is 29.2. The summed E-state index contributed by atoms with van der Waals surface area (Å²) in [6, 6.07) is 24.1. The van der Waals surface area contributed by atoms with Crippen LogP contribution in [0.5, 0.6) is 5.75 Å². The summed E-state index contributed by atoms with van der Waals surface area (Å²) in [5.74, 6) is -0.231. The number of nitrogens with zero attached hydrogens (tertiary/aromatic N) is 3. The number of hydrogen-bond donors (Lipinski definition) is 1. The van der Waals surface area contributed by atoms with Gasteiger partial charge in [0.2, 0.25) is 11.8 Å². The van der Waals surface area contributed by atoms with Crippen molar-refractivity contribution in [2.24, 2.45) is 0 Å². The Kier molecular flexibility index (Phi) is 10.7. The number of methoxy groups -OCH3 is 1. The zero-order valence-corrected chi connectivity index (χ0v) is 24.5. The topological polar surface area (TPSA) is 99.3 Å². The van der Waals surface area contributed by atoms with E-state index in [9.17, 15) is 18.0 Å². The molecule has 1 unspecified atom stereocenters. The summed E-state index contributed by atoms with van der Waals surface area (Å²) in [6.07, 6.45) is 0.251. The molecule has 3 rings (SSSR count). The Balaban J connectivity index is 2.09. The highest BCUT2D eigenvalue weighted by Crippen LogP contribution is 2.22. The van der Waals surface area contributed by atoms with Crippen molar-refractivity contribution >= 4 is 27.7 Å². The SMILES string of the molecule is COc1cccc(CN(C(=O)CN(c2ccccc2)S(=O)(=O)N(C)C)C(Cc2ccccc2)C(=O)NC(C)C)c1. The smallest absolute Gasteiger partial charge is 0.304 e. The van der Waals surface area contributed by atoms with Crippen LogP contribution in [0, 0.1) is 0 Å². The molecule has 1 atom stereocenters. The van der Waals surface area contributed by atoms with Crippen LogP contribution in [0.2, 0.25) is 0 Å². The van der Waals surface area contributed by atoms with Gasteiger partial charge < -0.3 is 15.0 Å². The van der Waals surface area contributed by atoms with Crippen molar-refractivity contribution in [2.75, 3.05) is 32.1 Å². The van der Waals surface area contributed by atoms with Gasteiger partial charge in [-0.1, -0.05) is 60.7 Å². The van der Waals surface area contributed by atoms with E-state index in [-0.39, 0.29) is 24.9 Å². The Morgan fingerprint density at radius 1 is 0.875 bits per heavy atom. The van der Waals surface area contributed by atoms with E-state index in [2.05, 4.69) is 5.32 Å². The zero-order chi connectivity index (χ0) is 29.3. The number of ether oxygens (including phenoxy) is 1. The number of para-hydroxylation sites is 1. The largest absolute Gasteiger partial charge is 0.497 e. The van der Waals surface area contributed by atoms with E-state index in [0.717, 1.165) is 19.7 Å². The lowest BCUT2D eigenvalue weighted by atomic mass is 10.0. The van der Waals surface area contributed by atoms with Crippen LogP contribution in [0.1, 0.15) is 25.0 Å². The van der Waals surface area contributed by atoms with Crippen LogP contribution in [0.25, 0.3) is 0 Å². The first kappa shape index (κ1) is 30.6. The molecular weight excluding hydrogens is 528 g/mol. The molecule has 2 amide bonds. The lowest BCUT2D eigenvalue weighted by Gasteiger charge is -2.34. The van der Waals surface area contributed by atoms with Gasteiger partial charge in [0, 0.05) is 33.1 Å². The van der Waals surface area contributed by atoms with Crippen LogP contribution < -0.4 is 14.4 Å². The van der Waals surface area contributed by atoms with Gasteiger partial charge in [0.1, 0.15) is 18.3 Å². The first-order chi connectivity index (χ1) is 19.0. The van der Waals surface area contributed by atoms with Gasteiger partial charge in [-0.15, -0.1) is 0 Å². The molecule has 0 aliphatic rings. The van der Waals surface area contributed by atoms with Crippen LogP contribution in [0.3, 0.4) is 0 Å². The lowest BCUT2D eigenvalue weighted by Crippen LogP contribution is -2.55. The maximum absolute atomic E-state index is 14.2. The summed E-state index contributed by atoms with van der Waals surface area (Å²) in [5.41, 5.74) is 1.96. The number of carbonyl (C=O) groups is 2. The fourth-order valence-electron chi connectivity index (χ4n) is 4.21. The summed E-state index contributed by atoms with van der Waals surface area (Å²) in [5, 5.41) is 2.94. The molecule has 40 heavy (non-hydrogen) atoms. The third kappa shape index (κ3) is 8.06. The van der Waals surface area contributed by atoms with E-state index < -0.39 is 28.7 Å². The maximum atomic E-state index is 14.2. The number of benzene rings is 3. The second kappa shape index (κ2) is 14.0. The average Bonchev–Trinajstić information content (AvgIpc) is 2.94. The normalized spacial score (nSPS) is 12.2. The van der Waals surface area contributed by atoms with E-state index in [0.29, 0.717) is 11.4 Å². The van der Waals surface area contributed by atoms with Gasteiger partial charge in [0.15, 0.2) is 0 Å². The molecule has 0 aliphatic carbocycles. The molecule has 3 aromatic carbocycles. The number of carbonyl (C=O) groups excluding carboxylic acids is 2. The fourth-order valence-corrected chi connectivity index (χ4v) is 5.27. The minimum Gasteiger partial charge on any atom is -0.497 e. The van der Waals surface area contributed by atoms with Crippen LogP contribution in [0.15, 0.2) is 84.9 Å². The molecule has 0 aliphatic heterocycles. The van der Waals surface area contributed by atoms with Crippen LogP contribution >= 0.6 is 0 Å². The standard InChI is InChI=1S/C30H38N4O5S/c1-23(2)31-30(36)28(20-24-13-8-6-9-14-24)33(21-25-15-12-18-27(19-25)39-5)29(35)22-34(40(37,38)32(3)4)26-16-10-7-11-17-26/h6-19,23,28H,20-22H2,1-5H3,(H,31,36). The van der Waals surface area contributed by atoms with Gasteiger partial charge in [-0.25, -0.2) is 4.31 Å². The molecule has 0 saturated carbocycles. The molecule has 0 spiro atoms. The van der Waals surface area contributed by atoms with Crippen molar-refractivity contribution in [1.82, 2.24) is 14.5 Å². The van der Waals surface area contributed by atoms with Gasteiger partial charge >= 0.3 is 10.2 Å². The molecular formula is C30H38N4O5S. The molecule has 3 aromatic rings. The van der Waals surface area contributed by atoms with Crippen LogP contribution in [-0.4, -0.2) is 69.3 Å². The number of anilines is 1. The van der Waals surface area contributed by atoms with Crippen molar-refractivity contribution in [2.45, 2.75) is 38.9 Å². The molecule has 0 radical (unpaired) electrons. The maximum Gasteiger partial charge on any atom is 0.304 e. The minimum absolute atomic E-state index is 0.0731. The first-order valence-corrected chi connectivity index (χ1v) is 14.4. The highest BCUT2D eigenvalue weighted by Gasteiger charge is 2.34. The van der Waals surface area contributed by atoms with E-state index in [4.69, 9.17) is 4.74 Å². The Labute approximate surface area is 237 Å². The second-order valence-electron chi connectivity index (χ2n) is 9.87. The molecule has 0 bridgehead atoms. The predicted molar refractivity (Wildman–Crippen MR) is 157 cm³/mol. The van der Waals surface area contributed by atoms with Crippen molar-refractivity contribution in [3.8, 4) is 5.75 Å². The van der Waals surface area contributed by atoms with Crippen molar-refractivity contribution in [3.05, 3.63) is 96.1 Å². The quantitative estimate of drug-likeness (QED) is 0.342. The Bertz CT molecular complexity index is 1370. The summed E-state index contributed by atoms with van der Waals surface area (Å²) in [6.45, 7) is 3.29. The van der Waals surface area contributed by atoms with E-state index in [1.54, 1.807) is 49.6 Å². The zero-order valence-electron chi connectivity index (χ0n) is 23.7. The van der Waals surface area contributed by atoms with Crippen molar-refractivity contribution in [3.63, 3.8) is 0 Å². The monoisotopic (exact) mass is 566 g/mol. The summed E-state index contributed by atoms with van der Waals surface area (Å²) in [7, 11) is 0.356. The molecule has 9 nitrogen and oxygen atoms in total. The third-order valence-corrected chi connectivity index (χ3v) is 8.07. The molecule has 0 fully saturated rings. The van der Waals surface area contributed by atoms with E-state index in [1.165, 1.54) is 19.0 Å². The lowest BCUT2D eigenvalue weighted by molar-refractivity contribution is -0.140. The minimum atomic E-state index is -4.03. The van der Waals surface area contributed by atoms with Gasteiger partial charge in [-0.2, -0.15) is 12.7 Å². The molecule has 0 saturated heterocycles. The van der Waals surface area contributed by atoms with E-state index >= 15 is 0 Å². The average molecular weight is 567 g/mol. The molecule has 0 heterocycles. The Morgan fingerprint density at radius 2 is 1.48 bits per heavy atom. The third-order valence-electron chi connectivity index (χ3n) is 6.25. The predicted octanol–water partition coefficient (Wildman–Crippen LogP) is 3.47. The van der Waals surface area contributed by atoms with Gasteiger partial charge in [0.05, 0.1) is 12.8 Å². The molecule has 1 N–H and O–H groups in total. The van der Waals surface area contributed by atoms with Crippen molar-refractivity contribution in [1.29, 1.82) is 0 Å². The molecule has 214 valence electrons. The number of amides is 2. The van der Waals surface area contributed by atoms with Gasteiger partial charge in [0.25, 0.3) is 0 Å². The first-order valence-electron chi connectivity index (χ1n) is 13.0. The highest BCUT2D eigenvalue weighted by atomic mass is 32.2. The van der Waals surface area contributed by atoms with Gasteiger partial charge in [-0.05, 0) is 49.2 Å². The summed E-state index contributed by atoms with van der Waals surface area (Å²) >= 11 is 0. The Hall–Kier alpha value is -3.89. The number of rotatable bonds is 13. The fraction of sp³-hybridized carbons (Fsp3) is 0.333. The van der Waals surface area contributed by atoms with Crippen LogP contribution in [-0.2, 0) is 32.8 Å². The number of nitrogens with one attached hydrogen (secondary N) is 1. The highest BCUT2D eigenvalue weighted by molar-refractivity contribution is 7.90. The van der Waals surface area contributed by atoms with Gasteiger partial charge in [-0.3, -0.25) is 9.59 Å². The number of hydrogen-bond acceptors (Lipinski definition) is 5. The summed E-state index contributed by atoms with van der Waals surface area (Å²) < 4.78 is 34.2. The van der Waals surface area contributed by atoms with Crippen molar-refractivity contribution < 1.29 is 22.7 Å². The second-order valence-corrected chi connectivity index (χ2v) is 11.9. The molecule has 0 aromatic heterocycles.